The number of hydrogen-bond donors (Lipinski definition) is 2. The summed E-state index contributed by atoms with van der Waals surface area (Å²) in [6.45, 7) is 0. The second-order valence-electron chi connectivity index (χ2n) is 6.30. The van der Waals surface area contributed by atoms with E-state index in [0.717, 1.165) is 24.1 Å². The van der Waals surface area contributed by atoms with Gasteiger partial charge in [-0.15, -0.1) is 0 Å². The van der Waals surface area contributed by atoms with Crippen LogP contribution in [0.2, 0.25) is 0 Å². The maximum atomic E-state index is 14.0. The lowest BCUT2D eigenvalue weighted by atomic mass is 10.1. The Morgan fingerprint density at radius 2 is 2.04 bits per heavy atom. The largest absolute Gasteiger partial charge is 0.497 e. The van der Waals surface area contributed by atoms with Crippen molar-refractivity contribution < 1.29 is 13.9 Å². The fourth-order valence-corrected chi connectivity index (χ4v) is 2.95. The number of benzene rings is 2. The molecule has 1 saturated carbocycles. The Hall–Kier alpha value is -3.15. The number of aromatic amines is 1. The van der Waals surface area contributed by atoms with Crippen molar-refractivity contribution in [1.29, 1.82) is 0 Å². The summed E-state index contributed by atoms with van der Waals surface area (Å²) in [5.41, 5.74) is 2.93. The molecular weight excluding hydrogens is 333 g/mol. The number of hydrogen-bond acceptors (Lipinski definition) is 3. The maximum Gasteiger partial charge on any atom is 0.258 e. The monoisotopic (exact) mass is 351 g/mol. The van der Waals surface area contributed by atoms with Crippen LogP contribution < -0.4 is 10.1 Å². The van der Waals surface area contributed by atoms with Gasteiger partial charge in [-0.3, -0.25) is 9.89 Å². The average molecular weight is 351 g/mol. The first-order chi connectivity index (χ1) is 12.7. The third-order valence-electron chi connectivity index (χ3n) is 4.48. The summed E-state index contributed by atoms with van der Waals surface area (Å²) < 4.78 is 19.2. The molecule has 0 bridgehead atoms. The first kappa shape index (κ1) is 16.3. The molecule has 1 aliphatic rings. The highest BCUT2D eigenvalue weighted by atomic mass is 19.1. The Morgan fingerprint density at radius 1 is 1.23 bits per heavy atom. The minimum atomic E-state index is -0.551. The van der Waals surface area contributed by atoms with Crippen molar-refractivity contribution in [3.63, 3.8) is 0 Å². The topological polar surface area (TPSA) is 67.0 Å². The van der Waals surface area contributed by atoms with Crippen LogP contribution in [0.25, 0.3) is 11.3 Å². The van der Waals surface area contributed by atoms with Gasteiger partial charge in [0.2, 0.25) is 0 Å². The van der Waals surface area contributed by atoms with Gasteiger partial charge in [-0.2, -0.15) is 5.10 Å². The predicted molar refractivity (Wildman–Crippen MR) is 96.9 cm³/mol. The van der Waals surface area contributed by atoms with Crippen LogP contribution in [0.1, 0.15) is 34.8 Å². The normalized spacial score (nSPS) is 13.5. The van der Waals surface area contributed by atoms with Crippen molar-refractivity contribution in [3.05, 3.63) is 65.6 Å². The van der Waals surface area contributed by atoms with Gasteiger partial charge < -0.3 is 10.1 Å². The highest BCUT2D eigenvalue weighted by molar-refractivity contribution is 6.06. The molecule has 4 rings (SSSR count). The molecule has 1 aliphatic carbocycles. The Balaban J connectivity index is 1.73. The van der Waals surface area contributed by atoms with Crippen LogP contribution in [0.5, 0.6) is 5.75 Å². The van der Waals surface area contributed by atoms with E-state index in [-0.39, 0.29) is 5.56 Å². The van der Waals surface area contributed by atoms with Gasteiger partial charge in [0.25, 0.3) is 5.91 Å². The van der Waals surface area contributed by atoms with Gasteiger partial charge in [-0.25, -0.2) is 4.39 Å². The molecule has 0 saturated heterocycles. The van der Waals surface area contributed by atoms with E-state index in [1.165, 1.54) is 12.1 Å². The van der Waals surface area contributed by atoms with E-state index in [9.17, 15) is 9.18 Å². The summed E-state index contributed by atoms with van der Waals surface area (Å²) in [6, 6.07) is 13.4. The number of rotatable bonds is 5. The van der Waals surface area contributed by atoms with E-state index in [1.807, 2.05) is 24.3 Å². The zero-order valence-electron chi connectivity index (χ0n) is 14.3. The Bertz CT molecular complexity index is 963. The number of methoxy groups -OCH3 is 1. The van der Waals surface area contributed by atoms with E-state index in [1.54, 1.807) is 19.2 Å². The standard InChI is InChI=1S/C20H18FN3O2/c1-26-14-6-4-5-13(11-14)18-19(17(23-24-18)12-9-10-12)22-20(25)15-7-2-3-8-16(15)21/h2-8,11-12H,9-10H2,1H3,(H,22,25)(H,23,24). The molecule has 3 aromatic rings. The van der Waals surface area contributed by atoms with Crippen molar-refractivity contribution in [2.45, 2.75) is 18.8 Å². The summed E-state index contributed by atoms with van der Waals surface area (Å²) in [5.74, 6) is 0.00238. The molecule has 0 atom stereocenters. The SMILES string of the molecule is COc1cccc(-c2n[nH]c(C3CC3)c2NC(=O)c2ccccc2F)c1. The molecular formula is C20H18FN3O2. The van der Waals surface area contributed by atoms with Gasteiger partial charge in [-0.05, 0) is 37.1 Å². The van der Waals surface area contributed by atoms with Crippen LogP contribution >= 0.6 is 0 Å². The number of ether oxygens (including phenoxy) is 1. The van der Waals surface area contributed by atoms with Crippen LogP contribution in [0.4, 0.5) is 10.1 Å². The van der Waals surface area contributed by atoms with Gasteiger partial charge >= 0.3 is 0 Å². The Kier molecular flexibility index (Phi) is 4.16. The van der Waals surface area contributed by atoms with Crippen molar-refractivity contribution >= 4 is 11.6 Å². The minimum Gasteiger partial charge on any atom is -0.497 e. The number of H-pyrrole nitrogens is 1. The smallest absolute Gasteiger partial charge is 0.258 e. The third-order valence-corrected chi connectivity index (χ3v) is 4.48. The molecule has 26 heavy (non-hydrogen) atoms. The molecule has 1 heterocycles. The van der Waals surface area contributed by atoms with Crippen LogP contribution in [0.15, 0.2) is 48.5 Å². The molecule has 2 aromatic carbocycles. The second-order valence-corrected chi connectivity index (χ2v) is 6.30. The number of carbonyl (C=O) groups is 1. The molecule has 132 valence electrons. The highest BCUT2D eigenvalue weighted by Crippen LogP contribution is 2.45. The van der Waals surface area contributed by atoms with Crippen LogP contribution in [0, 0.1) is 5.82 Å². The minimum absolute atomic E-state index is 0.00652. The molecule has 0 unspecified atom stereocenters. The lowest BCUT2D eigenvalue weighted by molar-refractivity contribution is 0.102. The van der Waals surface area contributed by atoms with E-state index in [2.05, 4.69) is 15.5 Å². The van der Waals surface area contributed by atoms with Gasteiger partial charge in [-0.1, -0.05) is 24.3 Å². The summed E-state index contributed by atoms with van der Waals surface area (Å²) in [6.07, 6.45) is 2.09. The molecule has 6 heteroatoms. The van der Waals surface area contributed by atoms with Gasteiger partial charge in [0, 0.05) is 11.5 Å². The lowest BCUT2D eigenvalue weighted by Gasteiger charge is -2.09. The zero-order valence-corrected chi connectivity index (χ0v) is 14.3. The number of anilines is 1. The van der Waals surface area contributed by atoms with E-state index < -0.39 is 11.7 Å². The van der Waals surface area contributed by atoms with E-state index in [0.29, 0.717) is 23.0 Å². The Labute approximate surface area is 150 Å². The first-order valence-corrected chi connectivity index (χ1v) is 8.46. The lowest BCUT2D eigenvalue weighted by Crippen LogP contribution is -2.15. The second kappa shape index (κ2) is 6.63. The zero-order chi connectivity index (χ0) is 18.1. The molecule has 1 aromatic heterocycles. The molecule has 0 radical (unpaired) electrons. The molecule has 1 fully saturated rings. The molecule has 5 nitrogen and oxygen atoms in total. The summed E-state index contributed by atoms with van der Waals surface area (Å²) >= 11 is 0. The number of halogens is 1. The Morgan fingerprint density at radius 3 is 2.77 bits per heavy atom. The quantitative estimate of drug-likeness (QED) is 0.718. The predicted octanol–water partition coefficient (Wildman–Crippen LogP) is 4.35. The van der Waals surface area contributed by atoms with Crippen molar-refractivity contribution in [3.8, 4) is 17.0 Å². The number of aromatic nitrogens is 2. The van der Waals surface area contributed by atoms with Gasteiger partial charge in [0.1, 0.15) is 17.3 Å². The summed E-state index contributed by atoms with van der Waals surface area (Å²) in [4.78, 5) is 12.6. The van der Waals surface area contributed by atoms with Crippen LogP contribution in [-0.4, -0.2) is 23.2 Å². The van der Waals surface area contributed by atoms with Crippen molar-refractivity contribution in [2.24, 2.45) is 0 Å². The molecule has 0 spiro atoms. The van der Waals surface area contributed by atoms with Crippen molar-refractivity contribution in [1.82, 2.24) is 10.2 Å². The number of carbonyl (C=O) groups excluding carboxylic acids is 1. The first-order valence-electron chi connectivity index (χ1n) is 8.46. The summed E-state index contributed by atoms with van der Waals surface area (Å²) in [7, 11) is 1.60. The van der Waals surface area contributed by atoms with Gasteiger partial charge in [0.05, 0.1) is 24.1 Å². The van der Waals surface area contributed by atoms with E-state index >= 15 is 0 Å². The summed E-state index contributed by atoms with van der Waals surface area (Å²) in [5, 5.41) is 10.3. The third kappa shape index (κ3) is 3.06. The van der Waals surface area contributed by atoms with E-state index in [4.69, 9.17) is 4.74 Å². The average Bonchev–Trinajstić information content (AvgIpc) is 3.43. The highest BCUT2D eigenvalue weighted by Gasteiger charge is 2.31. The fourth-order valence-electron chi connectivity index (χ4n) is 2.95. The number of nitrogens with zero attached hydrogens (tertiary/aromatic N) is 1. The molecule has 2 N–H and O–H groups in total. The van der Waals surface area contributed by atoms with Gasteiger partial charge in [0.15, 0.2) is 0 Å². The van der Waals surface area contributed by atoms with Crippen molar-refractivity contribution in [2.75, 3.05) is 12.4 Å². The molecule has 0 aliphatic heterocycles. The van der Waals surface area contributed by atoms with Crippen LogP contribution in [-0.2, 0) is 0 Å². The number of amides is 1. The number of nitrogens with one attached hydrogen (secondary N) is 2. The fraction of sp³-hybridized carbons (Fsp3) is 0.200. The van der Waals surface area contributed by atoms with Crippen LogP contribution in [0.3, 0.4) is 0 Å². The molecule has 1 amide bonds. The maximum absolute atomic E-state index is 14.0.